The normalized spacial score (nSPS) is 20.2. The molecular weight excluding hydrogens is 218 g/mol. The molecule has 1 N–H and O–H groups in total. The standard InChI is InChI=1S/C12H19N3O2/c1-15(7-10-3-2-4-17-9-10)12-6-13-11(8-16)5-14-12/h5-6,10,16H,2-4,7-9H2,1H3. The van der Waals surface area contributed by atoms with Gasteiger partial charge in [0.15, 0.2) is 0 Å². The van der Waals surface area contributed by atoms with E-state index in [4.69, 9.17) is 9.84 Å². The number of aromatic nitrogens is 2. The predicted molar refractivity (Wildman–Crippen MR) is 64.8 cm³/mol. The Morgan fingerprint density at radius 2 is 2.35 bits per heavy atom. The van der Waals surface area contributed by atoms with E-state index in [2.05, 4.69) is 14.9 Å². The molecule has 1 unspecified atom stereocenters. The number of rotatable bonds is 4. The molecule has 1 fully saturated rings. The van der Waals surface area contributed by atoms with Crippen molar-refractivity contribution in [1.29, 1.82) is 0 Å². The highest BCUT2D eigenvalue weighted by Gasteiger charge is 2.16. The highest BCUT2D eigenvalue weighted by atomic mass is 16.5. The van der Waals surface area contributed by atoms with Gasteiger partial charge in [-0.05, 0) is 18.8 Å². The summed E-state index contributed by atoms with van der Waals surface area (Å²) in [6.07, 6.45) is 5.68. The fourth-order valence-corrected chi connectivity index (χ4v) is 2.06. The SMILES string of the molecule is CN(CC1CCCOC1)c1cnc(CO)cn1. The van der Waals surface area contributed by atoms with Crippen molar-refractivity contribution >= 4 is 5.82 Å². The van der Waals surface area contributed by atoms with Crippen LogP contribution in [0.1, 0.15) is 18.5 Å². The summed E-state index contributed by atoms with van der Waals surface area (Å²) in [6.45, 7) is 2.61. The lowest BCUT2D eigenvalue weighted by Crippen LogP contribution is -2.31. The van der Waals surface area contributed by atoms with Crippen LogP contribution in [0.25, 0.3) is 0 Å². The third-order valence-corrected chi connectivity index (χ3v) is 3.03. The summed E-state index contributed by atoms with van der Waals surface area (Å²) in [6, 6.07) is 0. The van der Waals surface area contributed by atoms with Crippen molar-refractivity contribution in [3.63, 3.8) is 0 Å². The number of hydrogen-bond donors (Lipinski definition) is 1. The molecule has 2 heterocycles. The van der Waals surface area contributed by atoms with Crippen molar-refractivity contribution in [2.45, 2.75) is 19.4 Å². The minimum absolute atomic E-state index is 0.0620. The Morgan fingerprint density at radius 1 is 1.47 bits per heavy atom. The molecule has 0 aliphatic carbocycles. The molecule has 0 amide bonds. The van der Waals surface area contributed by atoms with Gasteiger partial charge in [-0.15, -0.1) is 0 Å². The van der Waals surface area contributed by atoms with Crippen LogP contribution in [-0.4, -0.2) is 41.9 Å². The Morgan fingerprint density at radius 3 is 2.94 bits per heavy atom. The van der Waals surface area contributed by atoms with E-state index < -0.39 is 0 Å². The summed E-state index contributed by atoms with van der Waals surface area (Å²) in [7, 11) is 2.01. The summed E-state index contributed by atoms with van der Waals surface area (Å²) in [5.74, 6) is 1.42. The van der Waals surface area contributed by atoms with Crippen LogP contribution < -0.4 is 4.90 Å². The zero-order valence-corrected chi connectivity index (χ0v) is 10.2. The number of aliphatic hydroxyl groups is 1. The molecule has 0 aromatic carbocycles. The molecule has 1 atom stereocenters. The van der Waals surface area contributed by atoms with E-state index in [1.54, 1.807) is 12.4 Å². The van der Waals surface area contributed by atoms with Crippen LogP contribution in [-0.2, 0) is 11.3 Å². The van der Waals surface area contributed by atoms with Crippen LogP contribution in [0.4, 0.5) is 5.82 Å². The van der Waals surface area contributed by atoms with Gasteiger partial charge in [0.25, 0.3) is 0 Å². The monoisotopic (exact) mass is 237 g/mol. The zero-order chi connectivity index (χ0) is 12.1. The van der Waals surface area contributed by atoms with Gasteiger partial charge >= 0.3 is 0 Å². The summed E-state index contributed by atoms with van der Waals surface area (Å²) in [4.78, 5) is 10.5. The minimum atomic E-state index is -0.0620. The van der Waals surface area contributed by atoms with Crippen LogP contribution in [0, 0.1) is 5.92 Å². The summed E-state index contributed by atoms with van der Waals surface area (Å²) < 4.78 is 5.46. The van der Waals surface area contributed by atoms with Crippen molar-refractivity contribution in [1.82, 2.24) is 9.97 Å². The maximum atomic E-state index is 8.90. The van der Waals surface area contributed by atoms with Gasteiger partial charge in [-0.2, -0.15) is 0 Å². The molecule has 5 heteroatoms. The van der Waals surface area contributed by atoms with Crippen LogP contribution in [0.3, 0.4) is 0 Å². The maximum absolute atomic E-state index is 8.90. The van der Waals surface area contributed by atoms with E-state index in [9.17, 15) is 0 Å². The van der Waals surface area contributed by atoms with Gasteiger partial charge in [0.05, 0.1) is 31.3 Å². The Hall–Kier alpha value is -1.20. The molecule has 5 nitrogen and oxygen atoms in total. The van der Waals surface area contributed by atoms with Crippen molar-refractivity contribution in [3.05, 3.63) is 18.1 Å². The molecule has 94 valence electrons. The maximum Gasteiger partial charge on any atom is 0.146 e. The molecular formula is C12H19N3O2. The van der Waals surface area contributed by atoms with Crippen LogP contribution >= 0.6 is 0 Å². The molecule has 2 rings (SSSR count). The highest BCUT2D eigenvalue weighted by molar-refractivity contribution is 5.34. The molecule has 0 bridgehead atoms. The van der Waals surface area contributed by atoms with Crippen LogP contribution in [0.5, 0.6) is 0 Å². The third-order valence-electron chi connectivity index (χ3n) is 3.03. The molecule has 1 aliphatic rings. The Kier molecular flexibility index (Phi) is 4.28. The van der Waals surface area contributed by atoms with Gasteiger partial charge < -0.3 is 14.7 Å². The molecule has 17 heavy (non-hydrogen) atoms. The van der Waals surface area contributed by atoms with E-state index in [1.165, 1.54) is 6.42 Å². The van der Waals surface area contributed by atoms with Crippen LogP contribution in [0.15, 0.2) is 12.4 Å². The minimum Gasteiger partial charge on any atom is -0.390 e. The summed E-state index contributed by atoms with van der Waals surface area (Å²) >= 11 is 0. The second-order valence-corrected chi connectivity index (χ2v) is 4.49. The summed E-state index contributed by atoms with van der Waals surface area (Å²) in [5.41, 5.74) is 0.600. The Bertz CT molecular complexity index is 336. The average molecular weight is 237 g/mol. The topological polar surface area (TPSA) is 58.5 Å². The molecule has 1 aromatic rings. The van der Waals surface area contributed by atoms with E-state index in [1.807, 2.05) is 7.05 Å². The first kappa shape index (κ1) is 12.3. The predicted octanol–water partition coefficient (Wildman–Crippen LogP) is 0.832. The van der Waals surface area contributed by atoms with E-state index >= 15 is 0 Å². The highest BCUT2D eigenvalue weighted by Crippen LogP contribution is 2.17. The zero-order valence-electron chi connectivity index (χ0n) is 10.2. The first-order valence-electron chi connectivity index (χ1n) is 6.00. The lowest BCUT2D eigenvalue weighted by Gasteiger charge is -2.27. The molecule has 1 aliphatic heterocycles. The lowest BCUT2D eigenvalue weighted by atomic mass is 10.0. The first-order chi connectivity index (χ1) is 8.29. The largest absolute Gasteiger partial charge is 0.390 e. The van der Waals surface area contributed by atoms with Gasteiger partial charge in [0, 0.05) is 20.2 Å². The van der Waals surface area contributed by atoms with Gasteiger partial charge in [0.1, 0.15) is 5.82 Å². The van der Waals surface area contributed by atoms with Gasteiger partial charge in [0.2, 0.25) is 0 Å². The first-order valence-corrected chi connectivity index (χ1v) is 6.00. The van der Waals surface area contributed by atoms with Crippen molar-refractivity contribution < 1.29 is 9.84 Å². The van der Waals surface area contributed by atoms with Crippen molar-refractivity contribution in [2.24, 2.45) is 5.92 Å². The smallest absolute Gasteiger partial charge is 0.146 e. The second-order valence-electron chi connectivity index (χ2n) is 4.49. The number of anilines is 1. The molecule has 0 radical (unpaired) electrons. The molecule has 0 spiro atoms. The fraction of sp³-hybridized carbons (Fsp3) is 0.667. The summed E-state index contributed by atoms with van der Waals surface area (Å²) in [5, 5.41) is 8.90. The number of nitrogens with zero attached hydrogens (tertiary/aromatic N) is 3. The molecule has 1 aromatic heterocycles. The number of hydrogen-bond acceptors (Lipinski definition) is 5. The third kappa shape index (κ3) is 3.38. The van der Waals surface area contributed by atoms with E-state index in [-0.39, 0.29) is 6.61 Å². The van der Waals surface area contributed by atoms with E-state index in [0.29, 0.717) is 11.6 Å². The van der Waals surface area contributed by atoms with Gasteiger partial charge in [-0.3, -0.25) is 4.98 Å². The number of aliphatic hydroxyl groups excluding tert-OH is 1. The van der Waals surface area contributed by atoms with Crippen LogP contribution in [0.2, 0.25) is 0 Å². The quantitative estimate of drug-likeness (QED) is 0.840. The molecule has 1 saturated heterocycles. The van der Waals surface area contributed by atoms with Crippen molar-refractivity contribution in [3.8, 4) is 0 Å². The Labute approximate surface area is 101 Å². The van der Waals surface area contributed by atoms with Gasteiger partial charge in [-0.25, -0.2) is 4.98 Å². The lowest BCUT2D eigenvalue weighted by molar-refractivity contribution is 0.0576. The average Bonchev–Trinajstić information content (AvgIpc) is 2.40. The van der Waals surface area contributed by atoms with E-state index in [0.717, 1.165) is 32.0 Å². The molecule has 0 saturated carbocycles. The Balaban J connectivity index is 1.91. The number of ether oxygens (including phenoxy) is 1. The van der Waals surface area contributed by atoms with Crippen molar-refractivity contribution in [2.75, 3.05) is 31.7 Å². The second kappa shape index (κ2) is 5.93. The fourth-order valence-electron chi connectivity index (χ4n) is 2.06. The van der Waals surface area contributed by atoms with Gasteiger partial charge in [-0.1, -0.05) is 0 Å².